The van der Waals surface area contributed by atoms with Gasteiger partial charge < -0.3 is 9.64 Å². The van der Waals surface area contributed by atoms with Crippen molar-refractivity contribution in [2.75, 3.05) is 18.1 Å². The number of aromatic nitrogens is 5. The Hall–Kier alpha value is -3.00. The van der Waals surface area contributed by atoms with Gasteiger partial charge in [-0.3, -0.25) is 4.68 Å². The van der Waals surface area contributed by atoms with Crippen molar-refractivity contribution in [3.8, 4) is 11.1 Å². The topological polar surface area (TPSA) is 86.0 Å². The Morgan fingerprint density at radius 2 is 1.78 bits per heavy atom. The molecule has 1 aliphatic heterocycles. The van der Waals surface area contributed by atoms with Crippen LogP contribution in [-0.4, -0.2) is 44.1 Å². The summed E-state index contributed by atoms with van der Waals surface area (Å²) in [6.45, 7) is 7.92. The highest BCUT2D eigenvalue weighted by Gasteiger charge is 2.51. The number of carbonyl (C=O) groups excluding carboxylic acids is 1. The molecule has 0 spiro atoms. The Morgan fingerprint density at radius 1 is 1.05 bits per heavy atom. The van der Waals surface area contributed by atoms with Gasteiger partial charge in [0.1, 0.15) is 5.82 Å². The smallest absolute Gasteiger partial charge is 0.357 e. The largest absolute Gasteiger partial charge is 0.461 e. The molecule has 0 saturated heterocycles. The molecule has 3 aromatic rings. The Labute approximate surface area is 246 Å². The fourth-order valence-electron chi connectivity index (χ4n) is 8.78. The van der Waals surface area contributed by atoms with E-state index in [1.807, 2.05) is 32.2 Å². The summed E-state index contributed by atoms with van der Waals surface area (Å²) in [5.74, 6) is 3.70. The summed E-state index contributed by atoms with van der Waals surface area (Å²) >= 11 is 6.32. The Bertz CT molecular complexity index is 1460. The molecule has 0 amide bonds. The number of ether oxygens (including phenoxy) is 1. The number of pyridine rings is 1. The van der Waals surface area contributed by atoms with E-state index >= 15 is 0 Å². The van der Waals surface area contributed by atoms with E-state index in [-0.39, 0.29) is 6.61 Å². The van der Waals surface area contributed by atoms with Crippen LogP contribution in [0.3, 0.4) is 0 Å². The summed E-state index contributed by atoms with van der Waals surface area (Å²) in [6, 6.07) is 3.98. The van der Waals surface area contributed by atoms with E-state index in [0.29, 0.717) is 22.1 Å². The van der Waals surface area contributed by atoms with Crippen LogP contribution >= 0.6 is 11.6 Å². The number of esters is 1. The molecule has 4 saturated carbocycles. The number of anilines is 2. The molecule has 3 aromatic heterocycles. The average Bonchev–Trinajstić information content (AvgIpc) is 3.15. The molecule has 0 aromatic carbocycles. The lowest BCUT2D eigenvalue weighted by atomic mass is 9.49. The highest BCUT2D eigenvalue weighted by molar-refractivity contribution is 6.30. The SMILES string of the molecule is CCOC(=O)c1nc(N2CCCCc3c2nnc(Cl)c3C)ccc1-c1cnn(CC23CC4CC(CC(C4)C2)C3)c1C. The standard InChI is InChI=1S/C32H39ClN6O2/c1-4-41-31(40)28-25(8-9-27(35-28)38-10-6-5-7-24-19(2)29(33)36-37-30(24)38)26-17-34-39(20(26)3)18-32-14-21-11-22(15-32)13-23(12-21)16-32/h8-9,17,21-23H,4-7,10-16,18H2,1-3H3. The third-order valence-corrected chi connectivity index (χ3v) is 10.6. The van der Waals surface area contributed by atoms with Crippen molar-refractivity contribution >= 4 is 29.2 Å². The molecule has 8 rings (SSSR count). The van der Waals surface area contributed by atoms with Gasteiger partial charge in [0.15, 0.2) is 16.7 Å². The van der Waals surface area contributed by atoms with E-state index in [1.165, 1.54) is 38.5 Å². The number of rotatable bonds is 6. The van der Waals surface area contributed by atoms with Gasteiger partial charge in [0.2, 0.25) is 0 Å². The van der Waals surface area contributed by atoms with Crippen molar-refractivity contribution in [2.24, 2.45) is 23.2 Å². The maximum absolute atomic E-state index is 13.3. The number of halogens is 1. The van der Waals surface area contributed by atoms with Gasteiger partial charge in [0.05, 0.1) is 12.8 Å². The Balaban J connectivity index is 1.24. The van der Waals surface area contributed by atoms with E-state index in [0.717, 1.165) is 83.9 Å². The molecule has 41 heavy (non-hydrogen) atoms. The van der Waals surface area contributed by atoms with Crippen molar-refractivity contribution in [3.63, 3.8) is 0 Å². The van der Waals surface area contributed by atoms with Gasteiger partial charge >= 0.3 is 5.97 Å². The van der Waals surface area contributed by atoms with Gasteiger partial charge in [-0.05, 0) is 119 Å². The fourth-order valence-corrected chi connectivity index (χ4v) is 8.93. The number of hydrogen-bond acceptors (Lipinski definition) is 7. The van der Waals surface area contributed by atoms with Crippen LogP contribution in [0.15, 0.2) is 18.3 Å². The average molecular weight is 575 g/mol. The third-order valence-electron chi connectivity index (χ3n) is 10.2. The Morgan fingerprint density at radius 3 is 2.49 bits per heavy atom. The van der Waals surface area contributed by atoms with Crippen LogP contribution in [0.1, 0.15) is 85.6 Å². The van der Waals surface area contributed by atoms with Gasteiger partial charge in [-0.1, -0.05) is 11.6 Å². The second kappa shape index (κ2) is 10.4. The molecule has 4 bridgehead atoms. The molecule has 4 heterocycles. The first-order valence-electron chi connectivity index (χ1n) is 15.3. The monoisotopic (exact) mass is 574 g/mol. The molecule has 0 N–H and O–H groups in total. The van der Waals surface area contributed by atoms with Crippen molar-refractivity contribution in [1.29, 1.82) is 0 Å². The minimum atomic E-state index is -0.425. The molecule has 4 fully saturated rings. The van der Waals surface area contributed by atoms with E-state index in [4.69, 9.17) is 26.4 Å². The summed E-state index contributed by atoms with van der Waals surface area (Å²) in [5, 5.41) is 14.0. The minimum Gasteiger partial charge on any atom is -0.461 e. The quantitative estimate of drug-likeness (QED) is 0.297. The maximum Gasteiger partial charge on any atom is 0.357 e. The zero-order chi connectivity index (χ0) is 28.3. The van der Waals surface area contributed by atoms with Gasteiger partial charge in [-0.2, -0.15) is 5.10 Å². The highest BCUT2D eigenvalue weighted by atomic mass is 35.5. The van der Waals surface area contributed by atoms with Crippen molar-refractivity contribution in [2.45, 2.75) is 85.1 Å². The summed E-state index contributed by atoms with van der Waals surface area (Å²) in [5.41, 5.74) is 5.51. The highest BCUT2D eigenvalue weighted by Crippen LogP contribution is 2.60. The molecular formula is C32H39ClN6O2. The van der Waals surface area contributed by atoms with Crippen LogP contribution in [0.2, 0.25) is 5.15 Å². The van der Waals surface area contributed by atoms with Crippen LogP contribution in [0.25, 0.3) is 11.1 Å². The maximum atomic E-state index is 13.3. The molecule has 0 atom stereocenters. The predicted octanol–water partition coefficient (Wildman–Crippen LogP) is 6.87. The van der Waals surface area contributed by atoms with Crippen LogP contribution in [-0.2, 0) is 17.7 Å². The zero-order valence-corrected chi connectivity index (χ0v) is 25.1. The summed E-state index contributed by atoms with van der Waals surface area (Å²) in [7, 11) is 0. The van der Waals surface area contributed by atoms with Gasteiger partial charge in [0.25, 0.3) is 0 Å². The number of nitrogens with zero attached hydrogens (tertiary/aromatic N) is 6. The second-order valence-electron chi connectivity index (χ2n) is 13.0. The first kappa shape index (κ1) is 26.9. The second-order valence-corrected chi connectivity index (χ2v) is 13.4. The predicted molar refractivity (Wildman–Crippen MR) is 158 cm³/mol. The lowest BCUT2D eigenvalue weighted by molar-refractivity contribution is -0.0638. The van der Waals surface area contributed by atoms with E-state index in [1.54, 1.807) is 0 Å². The first-order chi connectivity index (χ1) is 19.8. The molecule has 4 aliphatic carbocycles. The van der Waals surface area contributed by atoms with Gasteiger partial charge in [-0.15, -0.1) is 10.2 Å². The third kappa shape index (κ3) is 4.72. The van der Waals surface area contributed by atoms with E-state index in [9.17, 15) is 4.79 Å². The van der Waals surface area contributed by atoms with Crippen LogP contribution < -0.4 is 4.90 Å². The number of fused-ring (bicyclic) bond motifs is 1. The molecule has 0 unspecified atom stereocenters. The van der Waals surface area contributed by atoms with Crippen LogP contribution in [0.5, 0.6) is 0 Å². The lowest BCUT2D eigenvalue weighted by Gasteiger charge is -2.56. The van der Waals surface area contributed by atoms with Crippen molar-refractivity contribution in [3.05, 3.63) is 46.0 Å². The van der Waals surface area contributed by atoms with Crippen molar-refractivity contribution < 1.29 is 9.53 Å². The van der Waals surface area contributed by atoms with Gasteiger partial charge in [0, 0.05) is 35.5 Å². The summed E-state index contributed by atoms with van der Waals surface area (Å²) < 4.78 is 7.70. The van der Waals surface area contributed by atoms with Crippen LogP contribution in [0, 0.1) is 37.0 Å². The zero-order valence-electron chi connectivity index (χ0n) is 24.3. The number of carbonyl (C=O) groups is 1. The molecule has 9 heteroatoms. The molecule has 216 valence electrons. The lowest BCUT2D eigenvalue weighted by Crippen LogP contribution is -2.48. The summed E-state index contributed by atoms with van der Waals surface area (Å²) in [4.78, 5) is 20.3. The minimum absolute atomic E-state index is 0.282. The van der Waals surface area contributed by atoms with Crippen LogP contribution in [0.4, 0.5) is 11.6 Å². The summed E-state index contributed by atoms with van der Waals surface area (Å²) in [6.07, 6.45) is 13.1. The van der Waals surface area contributed by atoms with E-state index in [2.05, 4.69) is 26.7 Å². The fraction of sp³-hybridized carbons (Fsp3) is 0.594. The normalized spacial score (nSPS) is 26.6. The molecular weight excluding hydrogens is 536 g/mol. The van der Waals surface area contributed by atoms with Crippen molar-refractivity contribution in [1.82, 2.24) is 25.0 Å². The Kier molecular flexibility index (Phi) is 6.80. The number of hydrogen-bond donors (Lipinski definition) is 0. The molecule has 0 radical (unpaired) electrons. The first-order valence-corrected chi connectivity index (χ1v) is 15.7. The molecule has 8 nitrogen and oxygen atoms in total. The molecule has 5 aliphatic rings. The van der Waals surface area contributed by atoms with Gasteiger partial charge in [-0.25, -0.2) is 9.78 Å². The van der Waals surface area contributed by atoms with E-state index < -0.39 is 5.97 Å².